The van der Waals surface area contributed by atoms with Crippen LogP contribution in [0.2, 0.25) is 0 Å². The van der Waals surface area contributed by atoms with E-state index < -0.39 is 0 Å². The molecule has 2 aromatic heterocycles. The molecule has 1 aliphatic rings. The molecule has 0 spiro atoms. The molecule has 1 aliphatic carbocycles. The number of nitrogens with one attached hydrogen (secondary N) is 1. The first-order chi connectivity index (χ1) is 9.13. The molecule has 0 unspecified atom stereocenters. The Balaban J connectivity index is 1.82. The molecule has 0 aromatic carbocycles. The molecule has 2 heterocycles. The summed E-state index contributed by atoms with van der Waals surface area (Å²) in [5, 5.41) is 7.70. The average molecular weight is 294 g/mol. The predicted molar refractivity (Wildman–Crippen MR) is 82.8 cm³/mol. The van der Waals surface area contributed by atoms with Crippen LogP contribution in [0.3, 0.4) is 0 Å². The Labute approximate surface area is 121 Å². The lowest BCUT2D eigenvalue weighted by molar-refractivity contribution is 0.522. The summed E-state index contributed by atoms with van der Waals surface area (Å²) in [4.78, 5) is 4.52. The molecule has 1 fully saturated rings. The number of hydrogen-bond acceptors (Lipinski definition) is 6. The van der Waals surface area contributed by atoms with E-state index in [-0.39, 0.29) is 0 Å². The highest BCUT2D eigenvalue weighted by Crippen LogP contribution is 2.49. The van der Waals surface area contributed by atoms with Crippen molar-refractivity contribution >= 4 is 33.7 Å². The van der Waals surface area contributed by atoms with Crippen molar-refractivity contribution in [3.8, 4) is 11.3 Å². The number of aromatic nitrogens is 2. The van der Waals surface area contributed by atoms with E-state index in [1.54, 1.807) is 11.3 Å². The Bertz CT molecular complexity index is 583. The molecule has 0 bridgehead atoms. The molecular weight excluding hydrogens is 276 g/mol. The summed E-state index contributed by atoms with van der Waals surface area (Å²) >= 11 is 3.08. The van der Waals surface area contributed by atoms with Gasteiger partial charge in [0.05, 0.1) is 16.3 Å². The first-order valence-electron chi connectivity index (χ1n) is 6.55. The van der Waals surface area contributed by atoms with Gasteiger partial charge in [-0.2, -0.15) is 4.37 Å². The zero-order valence-corrected chi connectivity index (χ0v) is 12.8. The fraction of sp³-hybridized carbons (Fsp3) is 0.538. The number of nitrogens with two attached hydrogens (primary N) is 1. The fourth-order valence-electron chi connectivity index (χ4n) is 2.25. The molecule has 3 rings (SSSR count). The number of nitrogens with zero attached hydrogens (tertiary/aromatic N) is 2. The molecule has 19 heavy (non-hydrogen) atoms. The van der Waals surface area contributed by atoms with Crippen molar-refractivity contribution in [1.29, 1.82) is 0 Å². The maximum absolute atomic E-state index is 5.99. The van der Waals surface area contributed by atoms with Gasteiger partial charge >= 0.3 is 0 Å². The van der Waals surface area contributed by atoms with Gasteiger partial charge in [0.25, 0.3) is 0 Å². The monoisotopic (exact) mass is 294 g/mol. The summed E-state index contributed by atoms with van der Waals surface area (Å²) in [5.74, 6) is 0.583. The number of hydrogen-bond donors (Lipinski definition) is 2. The maximum Gasteiger partial charge on any atom is 0.148 e. The van der Waals surface area contributed by atoms with Gasteiger partial charge in [-0.05, 0) is 43.1 Å². The van der Waals surface area contributed by atoms with Crippen LogP contribution in [-0.2, 0) is 0 Å². The van der Waals surface area contributed by atoms with E-state index in [1.165, 1.54) is 30.8 Å². The fourth-order valence-corrected chi connectivity index (χ4v) is 3.57. The van der Waals surface area contributed by atoms with Crippen LogP contribution in [0, 0.1) is 12.3 Å². The van der Waals surface area contributed by atoms with Crippen LogP contribution in [0.4, 0.5) is 10.8 Å². The predicted octanol–water partition coefficient (Wildman–Crippen LogP) is 3.76. The third-order valence-corrected chi connectivity index (χ3v) is 5.52. The van der Waals surface area contributed by atoms with E-state index >= 15 is 0 Å². The van der Waals surface area contributed by atoms with Crippen molar-refractivity contribution < 1.29 is 0 Å². The smallest absolute Gasteiger partial charge is 0.148 e. The van der Waals surface area contributed by atoms with Crippen LogP contribution < -0.4 is 11.1 Å². The Morgan fingerprint density at radius 1 is 1.47 bits per heavy atom. The Hall–Kier alpha value is -1.14. The van der Waals surface area contributed by atoms with Gasteiger partial charge in [0.15, 0.2) is 0 Å². The summed E-state index contributed by atoms with van der Waals surface area (Å²) in [6.45, 7) is 5.29. The van der Waals surface area contributed by atoms with E-state index in [9.17, 15) is 0 Å². The largest absolute Gasteiger partial charge is 0.382 e. The summed E-state index contributed by atoms with van der Waals surface area (Å²) in [6.07, 6.45) is 3.89. The zero-order valence-electron chi connectivity index (χ0n) is 11.2. The Kier molecular flexibility index (Phi) is 3.22. The van der Waals surface area contributed by atoms with Crippen LogP contribution in [0.1, 0.15) is 31.2 Å². The van der Waals surface area contributed by atoms with Gasteiger partial charge in [-0.1, -0.05) is 6.92 Å². The zero-order chi connectivity index (χ0) is 13.5. The summed E-state index contributed by atoms with van der Waals surface area (Å²) in [7, 11) is 0. The van der Waals surface area contributed by atoms with E-state index in [0.29, 0.717) is 11.2 Å². The number of thiazole rings is 1. The molecule has 4 nitrogen and oxygen atoms in total. The minimum atomic E-state index is 0.508. The van der Waals surface area contributed by atoms with Gasteiger partial charge in [0, 0.05) is 11.9 Å². The average Bonchev–Trinajstić information content (AvgIpc) is 2.93. The maximum atomic E-state index is 5.99. The van der Waals surface area contributed by atoms with E-state index in [1.807, 2.05) is 12.3 Å². The van der Waals surface area contributed by atoms with Crippen molar-refractivity contribution in [3.05, 3.63) is 10.4 Å². The number of rotatable bonds is 5. The van der Waals surface area contributed by atoms with Crippen molar-refractivity contribution in [2.45, 2.75) is 33.1 Å². The highest BCUT2D eigenvalue weighted by molar-refractivity contribution is 7.11. The summed E-state index contributed by atoms with van der Waals surface area (Å²) in [6, 6.07) is 0. The van der Waals surface area contributed by atoms with Gasteiger partial charge in [-0.3, -0.25) is 0 Å². The molecule has 0 radical (unpaired) electrons. The van der Waals surface area contributed by atoms with Crippen LogP contribution >= 0.6 is 22.9 Å². The molecule has 6 heteroatoms. The third-order valence-electron chi connectivity index (χ3n) is 3.92. The van der Waals surface area contributed by atoms with Crippen LogP contribution in [0.15, 0.2) is 5.38 Å². The second kappa shape index (κ2) is 4.76. The van der Waals surface area contributed by atoms with Crippen molar-refractivity contribution in [1.82, 2.24) is 9.36 Å². The van der Waals surface area contributed by atoms with Gasteiger partial charge in [0.1, 0.15) is 10.8 Å². The Morgan fingerprint density at radius 3 is 2.84 bits per heavy atom. The number of aryl methyl sites for hydroxylation is 1. The highest BCUT2D eigenvalue weighted by atomic mass is 32.1. The second-order valence-electron chi connectivity index (χ2n) is 5.23. The van der Waals surface area contributed by atoms with Crippen LogP contribution in [0.25, 0.3) is 11.3 Å². The molecular formula is C13H18N4S2. The first kappa shape index (κ1) is 12.9. The van der Waals surface area contributed by atoms with Gasteiger partial charge in [0.2, 0.25) is 0 Å². The van der Waals surface area contributed by atoms with Crippen LogP contribution in [0.5, 0.6) is 0 Å². The summed E-state index contributed by atoms with van der Waals surface area (Å²) < 4.78 is 4.27. The van der Waals surface area contributed by atoms with Crippen molar-refractivity contribution in [2.24, 2.45) is 5.41 Å². The van der Waals surface area contributed by atoms with E-state index in [4.69, 9.17) is 5.73 Å². The van der Waals surface area contributed by atoms with Gasteiger partial charge < -0.3 is 11.1 Å². The standard InChI is InChI=1S/C13H18N4S2/c1-3-13(4-5-13)7-15-12-10(11(14)17-19-12)9-6-18-8(2)16-9/h6,15H,3-5,7H2,1-2H3,(H2,14,17). The molecule has 2 aromatic rings. The topological polar surface area (TPSA) is 63.8 Å². The molecule has 1 saturated carbocycles. The molecule has 3 N–H and O–H groups in total. The minimum absolute atomic E-state index is 0.508. The molecule has 0 atom stereocenters. The quantitative estimate of drug-likeness (QED) is 0.881. The van der Waals surface area contributed by atoms with Crippen LogP contribution in [-0.4, -0.2) is 15.9 Å². The highest BCUT2D eigenvalue weighted by Gasteiger charge is 2.40. The van der Waals surface area contributed by atoms with Crippen molar-refractivity contribution in [2.75, 3.05) is 17.6 Å². The second-order valence-corrected chi connectivity index (χ2v) is 7.07. The molecule has 0 aliphatic heterocycles. The summed E-state index contributed by atoms with van der Waals surface area (Å²) in [5.41, 5.74) is 8.42. The van der Waals surface area contributed by atoms with E-state index in [0.717, 1.165) is 27.8 Å². The third kappa shape index (κ3) is 2.47. The lowest BCUT2D eigenvalue weighted by Gasteiger charge is -2.13. The lowest BCUT2D eigenvalue weighted by Crippen LogP contribution is -2.14. The first-order valence-corrected chi connectivity index (χ1v) is 8.20. The Morgan fingerprint density at radius 2 is 2.26 bits per heavy atom. The van der Waals surface area contributed by atoms with Gasteiger partial charge in [-0.15, -0.1) is 11.3 Å². The molecule has 0 amide bonds. The minimum Gasteiger partial charge on any atom is -0.382 e. The normalized spacial score (nSPS) is 16.5. The SMILES string of the molecule is CCC1(CNc2snc(N)c2-c2csc(C)n2)CC1. The van der Waals surface area contributed by atoms with Gasteiger partial charge in [-0.25, -0.2) is 4.98 Å². The van der Waals surface area contributed by atoms with Crippen molar-refractivity contribution in [3.63, 3.8) is 0 Å². The van der Waals surface area contributed by atoms with E-state index in [2.05, 4.69) is 21.6 Å². The molecule has 102 valence electrons. The lowest BCUT2D eigenvalue weighted by atomic mass is 10.0. The number of nitrogen functional groups attached to an aromatic ring is 1. The molecule has 0 saturated heterocycles. The number of anilines is 2.